The summed E-state index contributed by atoms with van der Waals surface area (Å²) in [5.41, 5.74) is 8.94. The first-order valence-corrected chi connectivity index (χ1v) is 6.07. The van der Waals surface area contributed by atoms with Crippen molar-refractivity contribution in [2.24, 2.45) is 10.9 Å². The lowest BCUT2D eigenvalue weighted by Crippen LogP contribution is -2.15. The normalized spacial score (nSPS) is 11.4. The van der Waals surface area contributed by atoms with Crippen LogP contribution >= 0.6 is 0 Å². The molecule has 6 heteroatoms. The third-order valence-corrected chi connectivity index (χ3v) is 3.08. The van der Waals surface area contributed by atoms with Crippen molar-refractivity contribution in [1.29, 1.82) is 0 Å². The lowest BCUT2D eigenvalue weighted by atomic mass is 10.1. The summed E-state index contributed by atoms with van der Waals surface area (Å²) in [5.74, 6) is 1.04. The van der Waals surface area contributed by atoms with Crippen molar-refractivity contribution in [1.82, 2.24) is 9.97 Å². The Morgan fingerprint density at radius 2 is 1.85 bits per heavy atom. The minimum absolute atomic E-state index is 0.0908. The van der Waals surface area contributed by atoms with Crippen LogP contribution < -0.4 is 10.5 Å². The van der Waals surface area contributed by atoms with Crippen LogP contribution in [0.4, 0.5) is 0 Å². The Bertz CT molecular complexity index is 651. The van der Waals surface area contributed by atoms with Crippen molar-refractivity contribution in [3.63, 3.8) is 0 Å². The molecule has 1 aromatic heterocycles. The van der Waals surface area contributed by atoms with Crippen molar-refractivity contribution in [3.05, 3.63) is 46.9 Å². The molecule has 20 heavy (non-hydrogen) atoms. The average molecular weight is 272 g/mol. The molecule has 0 saturated carbocycles. The van der Waals surface area contributed by atoms with Gasteiger partial charge in [0.15, 0.2) is 5.84 Å². The lowest BCUT2D eigenvalue weighted by Gasteiger charge is -2.12. The van der Waals surface area contributed by atoms with E-state index >= 15 is 0 Å². The molecule has 0 fully saturated rings. The van der Waals surface area contributed by atoms with E-state index in [2.05, 4.69) is 15.1 Å². The number of benzene rings is 1. The number of rotatable bonds is 3. The number of aromatic nitrogens is 2. The van der Waals surface area contributed by atoms with Gasteiger partial charge in [-0.1, -0.05) is 17.3 Å². The lowest BCUT2D eigenvalue weighted by molar-refractivity contribution is 0.318. The minimum atomic E-state index is -0.0908. The van der Waals surface area contributed by atoms with E-state index in [1.54, 1.807) is 0 Å². The Kier molecular flexibility index (Phi) is 3.84. The highest BCUT2D eigenvalue weighted by Gasteiger charge is 2.09. The van der Waals surface area contributed by atoms with Crippen LogP contribution in [-0.2, 0) is 0 Å². The molecule has 0 unspecified atom stereocenters. The molecule has 0 bridgehead atoms. The molecule has 0 aliphatic rings. The van der Waals surface area contributed by atoms with E-state index in [4.69, 9.17) is 15.7 Å². The maximum atomic E-state index is 8.56. The molecule has 1 heterocycles. The van der Waals surface area contributed by atoms with Gasteiger partial charge in [-0.2, -0.15) is 0 Å². The zero-order chi connectivity index (χ0) is 14.7. The Morgan fingerprint density at radius 1 is 1.15 bits per heavy atom. The molecule has 104 valence electrons. The molecular formula is C14H16N4O2. The second kappa shape index (κ2) is 5.56. The maximum Gasteiger partial charge on any atom is 0.237 e. The molecule has 0 radical (unpaired) electrons. The number of nitrogens with two attached hydrogens (primary N) is 1. The Balaban J connectivity index is 2.29. The van der Waals surface area contributed by atoms with E-state index < -0.39 is 0 Å². The van der Waals surface area contributed by atoms with E-state index in [1.807, 2.05) is 32.9 Å². The number of nitrogens with zero attached hydrogens (tertiary/aromatic N) is 3. The highest BCUT2D eigenvalue weighted by molar-refractivity contribution is 5.94. The summed E-state index contributed by atoms with van der Waals surface area (Å²) in [4.78, 5) is 8.12. The van der Waals surface area contributed by atoms with E-state index in [0.717, 1.165) is 22.4 Å². The molecule has 0 aliphatic heterocycles. The molecule has 6 nitrogen and oxygen atoms in total. The predicted octanol–water partition coefficient (Wildman–Crippen LogP) is 2.29. The van der Waals surface area contributed by atoms with Gasteiger partial charge in [-0.05, 0) is 37.5 Å². The van der Waals surface area contributed by atoms with Crippen LogP contribution in [0, 0.1) is 20.8 Å². The summed E-state index contributed by atoms with van der Waals surface area (Å²) in [6.45, 7) is 5.99. The fourth-order valence-corrected chi connectivity index (χ4v) is 1.74. The summed E-state index contributed by atoms with van der Waals surface area (Å²) in [6.07, 6.45) is 2.83. The molecule has 0 amide bonds. The van der Waals surface area contributed by atoms with Gasteiger partial charge in [0, 0.05) is 0 Å². The van der Waals surface area contributed by atoms with Crippen molar-refractivity contribution in [2.45, 2.75) is 20.8 Å². The monoisotopic (exact) mass is 272 g/mol. The summed E-state index contributed by atoms with van der Waals surface area (Å²) in [7, 11) is 0. The predicted molar refractivity (Wildman–Crippen MR) is 75.3 cm³/mol. The number of hydrogen-bond donors (Lipinski definition) is 2. The van der Waals surface area contributed by atoms with Crippen LogP contribution in [0.3, 0.4) is 0 Å². The zero-order valence-corrected chi connectivity index (χ0v) is 11.6. The highest BCUT2D eigenvalue weighted by atomic mass is 16.5. The number of ether oxygens (including phenoxy) is 1. The van der Waals surface area contributed by atoms with Crippen LogP contribution in [0.2, 0.25) is 0 Å². The third-order valence-electron chi connectivity index (χ3n) is 3.08. The SMILES string of the molecule is Cc1ccc(C)c(Oc2cnc(C(N)=NO)cn2)c1C. The van der Waals surface area contributed by atoms with Gasteiger partial charge in [-0.25, -0.2) is 9.97 Å². The number of oxime groups is 1. The van der Waals surface area contributed by atoms with Crippen molar-refractivity contribution in [3.8, 4) is 11.6 Å². The molecule has 2 rings (SSSR count). The third kappa shape index (κ3) is 2.69. The van der Waals surface area contributed by atoms with E-state index in [-0.39, 0.29) is 11.5 Å². The summed E-state index contributed by atoms with van der Waals surface area (Å²) < 4.78 is 5.77. The van der Waals surface area contributed by atoms with Gasteiger partial charge < -0.3 is 15.7 Å². The summed E-state index contributed by atoms with van der Waals surface area (Å²) in [6, 6.07) is 4.04. The van der Waals surface area contributed by atoms with Crippen molar-refractivity contribution < 1.29 is 9.94 Å². The topological polar surface area (TPSA) is 93.6 Å². The Morgan fingerprint density at radius 3 is 2.45 bits per heavy atom. The molecule has 0 spiro atoms. The standard InChI is InChI=1S/C14H16N4O2/c1-8-4-5-9(2)13(10(8)3)20-12-7-16-11(6-17-12)14(15)18-19/h4-7,19H,1-3H3,(H2,15,18). The van der Waals surface area contributed by atoms with Gasteiger partial charge in [-0.3, -0.25) is 0 Å². The van der Waals surface area contributed by atoms with Gasteiger partial charge in [0.05, 0.1) is 12.4 Å². The zero-order valence-electron chi connectivity index (χ0n) is 11.6. The number of aryl methyl sites for hydroxylation is 2. The smallest absolute Gasteiger partial charge is 0.237 e. The van der Waals surface area contributed by atoms with Gasteiger partial charge in [0.1, 0.15) is 11.4 Å². The van der Waals surface area contributed by atoms with Crippen molar-refractivity contribution in [2.75, 3.05) is 0 Å². The second-order valence-corrected chi connectivity index (χ2v) is 4.48. The Hall–Kier alpha value is -2.63. The van der Waals surface area contributed by atoms with Crippen molar-refractivity contribution >= 4 is 5.84 Å². The van der Waals surface area contributed by atoms with Crippen LogP contribution in [0.15, 0.2) is 29.7 Å². The van der Waals surface area contributed by atoms with E-state index in [1.165, 1.54) is 12.4 Å². The minimum Gasteiger partial charge on any atom is -0.437 e. The first-order valence-electron chi connectivity index (χ1n) is 6.07. The fourth-order valence-electron chi connectivity index (χ4n) is 1.74. The Labute approximate surface area is 116 Å². The molecule has 2 aromatic rings. The summed E-state index contributed by atoms with van der Waals surface area (Å²) in [5, 5.41) is 11.4. The van der Waals surface area contributed by atoms with E-state index in [0.29, 0.717) is 5.88 Å². The van der Waals surface area contributed by atoms with Crippen LogP contribution in [-0.4, -0.2) is 21.0 Å². The second-order valence-electron chi connectivity index (χ2n) is 4.48. The van der Waals surface area contributed by atoms with Crippen LogP contribution in [0.25, 0.3) is 0 Å². The first-order chi connectivity index (χ1) is 9.52. The van der Waals surface area contributed by atoms with E-state index in [9.17, 15) is 0 Å². The van der Waals surface area contributed by atoms with Crippen LogP contribution in [0.5, 0.6) is 11.6 Å². The largest absolute Gasteiger partial charge is 0.437 e. The molecular weight excluding hydrogens is 256 g/mol. The fraction of sp³-hybridized carbons (Fsp3) is 0.214. The number of hydrogen-bond acceptors (Lipinski definition) is 5. The highest BCUT2D eigenvalue weighted by Crippen LogP contribution is 2.29. The molecule has 3 N–H and O–H groups in total. The molecule has 0 aliphatic carbocycles. The van der Waals surface area contributed by atoms with Gasteiger partial charge >= 0.3 is 0 Å². The quantitative estimate of drug-likeness (QED) is 0.387. The first kappa shape index (κ1) is 13.8. The number of amidine groups is 1. The average Bonchev–Trinajstić information content (AvgIpc) is 2.47. The van der Waals surface area contributed by atoms with Crippen LogP contribution in [0.1, 0.15) is 22.4 Å². The molecule has 1 aromatic carbocycles. The van der Waals surface area contributed by atoms with Gasteiger partial charge in [0.2, 0.25) is 5.88 Å². The molecule has 0 saturated heterocycles. The summed E-state index contributed by atoms with van der Waals surface area (Å²) >= 11 is 0. The van der Waals surface area contributed by atoms with Gasteiger partial charge in [-0.15, -0.1) is 0 Å². The molecule has 0 atom stereocenters. The van der Waals surface area contributed by atoms with Gasteiger partial charge in [0.25, 0.3) is 0 Å². The maximum absolute atomic E-state index is 8.56.